The summed E-state index contributed by atoms with van der Waals surface area (Å²) in [5.41, 5.74) is 6.44. The van der Waals surface area contributed by atoms with Gasteiger partial charge in [-0.15, -0.1) is 0 Å². The number of rotatable bonds is 4. The van der Waals surface area contributed by atoms with Crippen LogP contribution in [0.1, 0.15) is 29.9 Å². The predicted octanol–water partition coefficient (Wildman–Crippen LogP) is 2.72. The number of amides is 1. The van der Waals surface area contributed by atoms with E-state index in [0.29, 0.717) is 0 Å². The normalized spacial score (nSPS) is 13.2. The summed E-state index contributed by atoms with van der Waals surface area (Å²) in [5, 5.41) is 9.51. The number of nitrogens with two attached hydrogens (primary N) is 1. The van der Waals surface area contributed by atoms with Crippen LogP contribution in [0.5, 0.6) is 0 Å². The third kappa shape index (κ3) is 3.49. The van der Waals surface area contributed by atoms with Gasteiger partial charge < -0.3 is 5.73 Å². The number of hydrogen-bond acceptors (Lipinski definition) is 2. The SMILES string of the molecule is CC(c1ccccc1)C(C(=O)NC(=N)N)c1ccccc1F. The number of hydrogen-bond donors (Lipinski definition) is 3. The molecule has 0 aromatic heterocycles. The maximum absolute atomic E-state index is 14.1. The topological polar surface area (TPSA) is 79.0 Å². The number of guanidine groups is 1. The fraction of sp³-hybridized carbons (Fsp3) is 0.176. The smallest absolute Gasteiger partial charge is 0.234 e. The minimum absolute atomic E-state index is 0.266. The summed E-state index contributed by atoms with van der Waals surface area (Å²) in [7, 11) is 0. The minimum atomic E-state index is -0.771. The first-order valence-electron chi connectivity index (χ1n) is 6.95. The van der Waals surface area contributed by atoms with Crippen LogP contribution in [-0.4, -0.2) is 11.9 Å². The van der Waals surface area contributed by atoms with Crippen molar-refractivity contribution in [3.8, 4) is 0 Å². The molecule has 4 nitrogen and oxygen atoms in total. The highest BCUT2D eigenvalue weighted by Crippen LogP contribution is 2.34. The molecule has 0 spiro atoms. The van der Waals surface area contributed by atoms with E-state index in [2.05, 4.69) is 5.32 Å². The third-order valence-corrected chi connectivity index (χ3v) is 3.61. The van der Waals surface area contributed by atoms with Crippen LogP contribution in [-0.2, 0) is 4.79 Å². The van der Waals surface area contributed by atoms with Gasteiger partial charge in [0.15, 0.2) is 5.96 Å². The number of nitrogens with one attached hydrogen (secondary N) is 2. The first-order chi connectivity index (χ1) is 10.5. The van der Waals surface area contributed by atoms with Gasteiger partial charge in [-0.2, -0.15) is 0 Å². The highest BCUT2D eigenvalue weighted by Gasteiger charge is 2.30. The van der Waals surface area contributed by atoms with Crippen LogP contribution in [0.2, 0.25) is 0 Å². The lowest BCUT2D eigenvalue weighted by Crippen LogP contribution is -2.40. The van der Waals surface area contributed by atoms with E-state index < -0.39 is 23.6 Å². The van der Waals surface area contributed by atoms with Crippen molar-refractivity contribution < 1.29 is 9.18 Å². The van der Waals surface area contributed by atoms with Crippen LogP contribution in [0.15, 0.2) is 54.6 Å². The minimum Gasteiger partial charge on any atom is -0.370 e. The van der Waals surface area contributed by atoms with Gasteiger partial charge in [0.05, 0.1) is 5.92 Å². The van der Waals surface area contributed by atoms with Crippen molar-refractivity contribution in [1.29, 1.82) is 5.41 Å². The summed E-state index contributed by atoms with van der Waals surface area (Å²) in [4.78, 5) is 12.4. The van der Waals surface area contributed by atoms with Crippen LogP contribution >= 0.6 is 0 Å². The van der Waals surface area contributed by atoms with Gasteiger partial charge in [0.1, 0.15) is 5.82 Å². The number of halogens is 1. The molecule has 0 aliphatic rings. The molecule has 2 rings (SSSR count). The Morgan fingerprint density at radius 2 is 1.73 bits per heavy atom. The summed E-state index contributed by atoms with van der Waals surface area (Å²) < 4.78 is 14.1. The van der Waals surface area contributed by atoms with E-state index in [9.17, 15) is 9.18 Å². The zero-order valence-corrected chi connectivity index (χ0v) is 12.2. The Morgan fingerprint density at radius 3 is 2.32 bits per heavy atom. The fourth-order valence-electron chi connectivity index (χ4n) is 2.52. The second kappa shape index (κ2) is 6.85. The highest BCUT2D eigenvalue weighted by molar-refractivity contribution is 5.98. The van der Waals surface area contributed by atoms with Crippen LogP contribution in [0.4, 0.5) is 4.39 Å². The van der Waals surface area contributed by atoms with E-state index in [1.54, 1.807) is 18.2 Å². The summed E-state index contributed by atoms with van der Waals surface area (Å²) in [6.07, 6.45) is 0. The van der Waals surface area contributed by atoms with Crippen molar-refractivity contribution in [1.82, 2.24) is 5.32 Å². The monoisotopic (exact) mass is 299 g/mol. The third-order valence-electron chi connectivity index (χ3n) is 3.61. The Labute approximate surface area is 128 Å². The van der Waals surface area contributed by atoms with Crippen LogP contribution in [0.3, 0.4) is 0 Å². The summed E-state index contributed by atoms with van der Waals surface area (Å²) >= 11 is 0. The van der Waals surface area contributed by atoms with Crippen molar-refractivity contribution in [2.24, 2.45) is 5.73 Å². The van der Waals surface area contributed by atoms with E-state index in [1.807, 2.05) is 37.3 Å². The Morgan fingerprint density at radius 1 is 1.14 bits per heavy atom. The Hall–Kier alpha value is -2.69. The van der Waals surface area contributed by atoms with Crippen molar-refractivity contribution in [3.05, 3.63) is 71.5 Å². The number of benzene rings is 2. The Balaban J connectivity index is 2.44. The molecular formula is C17H18FN3O. The zero-order chi connectivity index (χ0) is 16.1. The summed E-state index contributed by atoms with van der Waals surface area (Å²) in [6, 6.07) is 15.6. The molecule has 114 valence electrons. The maximum atomic E-state index is 14.1. The van der Waals surface area contributed by atoms with Gasteiger partial charge >= 0.3 is 0 Å². The second-order valence-corrected chi connectivity index (χ2v) is 5.10. The quantitative estimate of drug-likeness (QED) is 0.599. The van der Waals surface area contributed by atoms with E-state index in [-0.39, 0.29) is 11.5 Å². The van der Waals surface area contributed by atoms with Gasteiger partial charge in [0, 0.05) is 5.56 Å². The van der Waals surface area contributed by atoms with Crippen LogP contribution < -0.4 is 11.1 Å². The first kappa shape index (κ1) is 15.7. The Kier molecular flexibility index (Phi) is 4.88. The van der Waals surface area contributed by atoms with E-state index in [0.717, 1.165) is 5.56 Å². The van der Waals surface area contributed by atoms with Crippen LogP contribution in [0, 0.1) is 11.2 Å². The van der Waals surface area contributed by atoms with Crippen molar-refractivity contribution >= 4 is 11.9 Å². The molecule has 2 atom stereocenters. The average Bonchev–Trinajstić information content (AvgIpc) is 2.49. The molecule has 0 aliphatic heterocycles. The van der Waals surface area contributed by atoms with E-state index in [4.69, 9.17) is 11.1 Å². The molecule has 0 saturated heterocycles. The highest BCUT2D eigenvalue weighted by atomic mass is 19.1. The summed E-state index contributed by atoms with van der Waals surface area (Å²) in [6.45, 7) is 1.85. The molecule has 2 unspecified atom stereocenters. The van der Waals surface area contributed by atoms with Gasteiger partial charge in [-0.05, 0) is 17.5 Å². The molecule has 0 heterocycles. The summed E-state index contributed by atoms with van der Waals surface area (Å²) in [5.74, 6) is -2.43. The van der Waals surface area contributed by atoms with Crippen LogP contribution in [0.25, 0.3) is 0 Å². The maximum Gasteiger partial charge on any atom is 0.234 e. The standard InChI is InChI=1S/C17H18FN3O/c1-11(12-7-3-2-4-8-12)15(16(22)21-17(19)20)13-9-5-6-10-14(13)18/h2-11,15H,1H3,(H4,19,20,21,22). The number of carbonyl (C=O) groups is 1. The lowest BCUT2D eigenvalue weighted by Gasteiger charge is -2.24. The molecule has 0 radical (unpaired) electrons. The van der Waals surface area contributed by atoms with Gasteiger partial charge in [-0.1, -0.05) is 55.5 Å². The molecule has 0 bridgehead atoms. The molecule has 2 aromatic rings. The predicted molar refractivity (Wildman–Crippen MR) is 84.1 cm³/mol. The lowest BCUT2D eigenvalue weighted by molar-refractivity contribution is -0.121. The first-order valence-corrected chi connectivity index (χ1v) is 6.95. The van der Waals surface area contributed by atoms with E-state index in [1.165, 1.54) is 6.07 Å². The van der Waals surface area contributed by atoms with Crippen molar-refractivity contribution in [2.75, 3.05) is 0 Å². The van der Waals surface area contributed by atoms with Gasteiger partial charge in [-0.3, -0.25) is 15.5 Å². The van der Waals surface area contributed by atoms with Gasteiger partial charge in [0.25, 0.3) is 0 Å². The van der Waals surface area contributed by atoms with Crippen molar-refractivity contribution in [2.45, 2.75) is 18.8 Å². The fourth-order valence-corrected chi connectivity index (χ4v) is 2.52. The molecule has 2 aromatic carbocycles. The molecule has 0 saturated carbocycles. The number of carbonyl (C=O) groups excluding carboxylic acids is 1. The molecule has 0 fully saturated rings. The molecule has 0 aliphatic carbocycles. The molecule has 5 heteroatoms. The second-order valence-electron chi connectivity index (χ2n) is 5.10. The van der Waals surface area contributed by atoms with Gasteiger partial charge in [-0.25, -0.2) is 4.39 Å². The molecule has 4 N–H and O–H groups in total. The average molecular weight is 299 g/mol. The van der Waals surface area contributed by atoms with Crippen molar-refractivity contribution in [3.63, 3.8) is 0 Å². The Bertz CT molecular complexity index is 673. The molecular weight excluding hydrogens is 281 g/mol. The molecule has 1 amide bonds. The largest absolute Gasteiger partial charge is 0.370 e. The molecule has 22 heavy (non-hydrogen) atoms. The van der Waals surface area contributed by atoms with Gasteiger partial charge in [0.2, 0.25) is 5.91 Å². The lowest BCUT2D eigenvalue weighted by atomic mass is 9.82. The van der Waals surface area contributed by atoms with E-state index >= 15 is 0 Å². The zero-order valence-electron chi connectivity index (χ0n) is 12.2.